The lowest BCUT2D eigenvalue weighted by Crippen LogP contribution is -2.53. The Labute approximate surface area is 133 Å². The lowest BCUT2D eigenvalue weighted by Gasteiger charge is -2.38. The summed E-state index contributed by atoms with van der Waals surface area (Å²) >= 11 is 0. The molecule has 2 heterocycles. The number of hydrogen-bond acceptors (Lipinski definition) is 3. The van der Waals surface area contributed by atoms with Gasteiger partial charge in [-0.05, 0) is 25.7 Å². The highest BCUT2D eigenvalue weighted by molar-refractivity contribution is 5.83. The van der Waals surface area contributed by atoms with Crippen LogP contribution < -0.4 is 0 Å². The number of nitrogens with zero attached hydrogens (tertiary/aromatic N) is 3. The van der Waals surface area contributed by atoms with Gasteiger partial charge in [0.1, 0.15) is 0 Å². The van der Waals surface area contributed by atoms with Crippen LogP contribution >= 0.6 is 0 Å². The molecule has 22 heavy (non-hydrogen) atoms. The van der Waals surface area contributed by atoms with Crippen molar-refractivity contribution >= 4 is 11.8 Å². The first kappa shape index (κ1) is 15.8. The first-order chi connectivity index (χ1) is 10.6. The number of likely N-dealkylation sites (tertiary alicyclic amines) is 1. The van der Waals surface area contributed by atoms with Gasteiger partial charge in [-0.15, -0.1) is 0 Å². The Balaban J connectivity index is 1.46. The van der Waals surface area contributed by atoms with E-state index < -0.39 is 0 Å². The Morgan fingerprint density at radius 3 is 2.00 bits per heavy atom. The minimum Gasteiger partial charge on any atom is -0.342 e. The molecule has 3 fully saturated rings. The Morgan fingerprint density at radius 2 is 1.41 bits per heavy atom. The van der Waals surface area contributed by atoms with Gasteiger partial charge in [0.25, 0.3) is 0 Å². The molecule has 0 aromatic heterocycles. The van der Waals surface area contributed by atoms with E-state index >= 15 is 0 Å². The standard InChI is InChI=1S/C17H29N3O2/c1-17(6-2-3-7-17)16(22)20-12-10-18(11-13-20)14-15(21)19-8-4-5-9-19/h2-14H2,1H3. The van der Waals surface area contributed by atoms with Gasteiger partial charge in [-0.1, -0.05) is 19.8 Å². The Bertz CT molecular complexity index is 418. The van der Waals surface area contributed by atoms with Gasteiger partial charge in [-0.3, -0.25) is 14.5 Å². The minimum absolute atomic E-state index is 0.118. The fourth-order valence-corrected chi connectivity index (χ4v) is 4.12. The first-order valence-electron chi connectivity index (χ1n) is 8.88. The SMILES string of the molecule is CC1(C(=O)N2CCN(CC(=O)N3CCCC3)CC2)CCCC1. The topological polar surface area (TPSA) is 43.9 Å². The van der Waals surface area contributed by atoms with Gasteiger partial charge in [0, 0.05) is 44.7 Å². The minimum atomic E-state index is -0.118. The number of hydrogen-bond donors (Lipinski definition) is 0. The summed E-state index contributed by atoms with van der Waals surface area (Å²) in [6.07, 6.45) is 6.75. The summed E-state index contributed by atoms with van der Waals surface area (Å²) in [5.74, 6) is 0.607. The van der Waals surface area contributed by atoms with Crippen molar-refractivity contribution in [1.82, 2.24) is 14.7 Å². The molecule has 0 N–H and O–H groups in total. The molecule has 2 saturated heterocycles. The van der Waals surface area contributed by atoms with Gasteiger partial charge in [-0.2, -0.15) is 0 Å². The summed E-state index contributed by atoms with van der Waals surface area (Å²) in [6, 6.07) is 0. The molecule has 5 nitrogen and oxygen atoms in total. The zero-order valence-corrected chi connectivity index (χ0v) is 13.9. The maximum Gasteiger partial charge on any atom is 0.236 e. The van der Waals surface area contributed by atoms with Crippen molar-refractivity contribution in [3.8, 4) is 0 Å². The highest BCUT2D eigenvalue weighted by atomic mass is 16.2. The van der Waals surface area contributed by atoms with Crippen molar-refractivity contribution in [2.75, 3.05) is 45.8 Å². The first-order valence-corrected chi connectivity index (χ1v) is 8.88. The molecule has 0 unspecified atom stereocenters. The summed E-state index contributed by atoms with van der Waals surface area (Å²) in [6.45, 7) is 7.74. The molecule has 3 rings (SSSR count). The third-order valence-electron chi connectivity index (χ3n) is 5.70. The molecule has 0 bridgehead atoms. The van der Waals surface area contributed by atoms with Crippen molar-refractivity contribution in [3.05, 3.63) is 0 Å². The lowest BCUT2D eigenvalue weighted by molar-refractivity contribution is -0.143. The largest absolute Gasteiger partial charge is 0.342 e. The highest BCUT2D eigenvalue weighted by Crippen LogP contribution is 2.39. The predicted molar refractivity (Wildman–Crippen MR) is 85.4 cm³/mol. The quantitative estimate of drug-likeness (QED) is 0.790. The molecule has 0 atom stereocenters. The summed E-state index contributed by atoms with van der Waals surface area (Å²) in [5, 5.41) is 0. The monoisotopic (exact) mass is 307 g/mol. The average molecular weight is 307 g/mol. The lowest BCUT2D eigenvalue weighted by atomic mass is 9.87. The van der Waals surface area contributed by atoms with Gasteiger partial charge < -0.3 is 9.80 Å². The molecule has 124 valence electrons. The van der Waals surface area contributed by atoms with Gasteiger partial charge in [0.2, 0.25) is 11.8 Å². The van der Waals surface area contributed by atoms with Crippen LogP contribution in [-0.2, 0) is 9.59 Å². The molecule has 5 heteroatoms. The van der Waals surface area contributed by atoms with Crippen molar-refractivity contribution < 1.29 is 9.59 Å². The second-order valence-electron chi connectivity index (χ2n) is 7.42. The van der Waals surface area contributed by atoms with Crippen LogP contribution in [0.4, 0.5) is 0 Å². The number of carbonyl (C=O) groups is 2. The van der Waals surface area contributed by atoms with E-state index in [0.29, 0.717) is 12.5 Å². The van der Waals surface area contributed by atoms with Crippen LogP contribution in [0.25, 0.3) is 0 Å². The third kappa shape index (κ3) is 3.29. The number of amides is 2. The van der Waals surface area contributed by atoms with Gasteiger partial charge in [0.05, 0.1) is 6.54 Å². The molecule has 1 aliphatic carbocycles. The smallest absolute Gasteiger partial charge is 0.236 e. The van der Waals surface area contributed by atoms with Crippen LogP contribution in [-0.4, -0.2) is 72.3 Å². The van der Waals surface area contributed by atoms with E-state index in [9.17, 15) is 9.59 Å². The van der Waals surface area contributed by atoms with Crippen molar-refractivity contribution in [2.45, 2.75) is 45.4 Å². The molecule has 0 radical (unpaired) electrons. The Morgan fingerprint density at radius 1 is 0.818 bits per heavy atom. The Hall–Kier alpha value is -1.10. The molecular formula is C17H29N3O2. The zero-order chi connectivity index (χ0) is 15.6. The normalized spacial score (nSPS) is 25.7. The molecular weight excluding hydrogens is 278 g/mol. The second kappa shape index (κ2) is 6.57. The van der Waals surface area contributed by atoms with E-state index in [1.165, 1.54) is 12.8 Å². The van der Waals surface area contributed by atoms with E-state index in [4.69, 9.17) is 0 Å². The molecule has 2 amide bonds. The van der Waals surface area contributed by atoms with Gasteiger partial charge in [-0.25, -0.2) is 0 Å². The predicted octanol–water partition coefficient (Wildman–Crippen LogP) is 1.33. The number of piperazine rings is 1. The molecule has 3 aliphatic rings. The summed E-state index contributed by atoms with van der Waals surface area (Å²) in [5.41, 5.74) is -0.118. The van der Waals surface area contributed by atoms with Crippen LogP contribution in [0.2, 0.25) is 0 Å². The van der Waals surface area contributed by atoms with Crippen molar-refractivity contribution in [2.24, 2.45) is 5.41 Å². The van der Waals surface area contributed by atoms with E-state index in [1.807, 2.05) is 9.80 Å². The van der Waals surface area contributed by atoms with Crippen LogP contribution in [0.15, 0.2) is 0 Å². The van der Waals surface area contributed by atoms with Gasteiger partial charge >= 0.3 is 0 Å². The average Bonchev–Trinajstić information content (AvgIpc) is 3.19. The maximum absolute atomic E-state index is 12.7. The van der Waals surface area contributed by atoms with Crippen molar-refractivity contribution in [3.63, 3.8) is 0 Å². The molecule has 0 spiro atoms. The van der Waals surface area contributed by atoms with E-state index in [2.05, 4.69) is 11.8 Å². The molecule has 2 aliphatic heterocycles. The summed E-state index contributed by atoms with van der Waals surface area (Å²) in [4.78, 5) is 31.1. The number of carbonyl (C=O) groups excluding carboxylic acids is 2. The van der Waals surface area contributed by atoms with Crippen LogP contribution in [0.1, 0.15) is 45.4 Å². The van der Waals surface area contributed by atoms with Gasteiger partial charge in [0.15, 0.2) is 0 Å². The highest BCUT2D eigenvalue weighted by Gasteiger charge is 2.39. The second-order valence-corrected chi connectivity index (χ2v) is 7.42. The third-order valence-corrected chi connectivity index (χ3v) is 5.70. The fraction of sp³-hybridized carbons (Fsp3) is 0.882. The maximum atomic E-state index is 12.7. The van der Waals surface area contributed by atoms with Crippen LogP contribution in [0, 0.1) is 5.41 Å². The van der Waals surface area contributed by atoms with Crippen molar-refractivity contribution in [1.29, 1.82) is 0 Å². The number of rotatable bonds is 3. The fourth-order valence-electron chi connectivity index (χ4n) is 4.12. The van der Waals surface area contributed by atoms with Crippen LogP contribution in [0.5, 0.6) is 0 Å². The van der Waals surface area contributed by atoms with E-state index in [-0.39, 0.29) is 11.3 Å². The van der Waals surface area contributed by atoms with E-state index in [1.54, 1.807) is 0 Å². The van der Waals surface area contributed by atoms with Crippen LogP contribution in [0.3, 0.4) is 0 Å². The molecule has 0 aromatic carbocycles. The van der Waals surface area contributed by atoms with E-state index in [0.717, 1.165) is 65.0 Å². The summed E-state index contributed by atoms with van der Waals surface area (Å²) in [7, 11) is 0. The summed E-state index contributed by atoms with van der Waals surface area (Å²) < 4.78 is 0. The molecule has 0 aromatic rings. The molecule has 1 saturated carbocycles. The zero-order valence-electron chi connectivity index (χ0n) is 13.9. The Kier molecular flexibility index (Phi) is 4.71.